The van der Waals surface area contributed by atoms with Gasteiger partial charge in [-0.2, -0.15) is 0 Å². The van der Waals surface area contributed by atoms with Crippen molar-refractivity contribution in [2.45, 2.75) is 6.92 Å². The molecule has 0 unspecified atom stereocenters. The highest BCUT2D eigenvalue weighted by atomic mass is 16.2. The number of rotatable bonds is 4. The number of hydrogen-bond donors (Lipinski definition) is 3. The zero-order valence-corrected chi connectivity index (χ0v) is 9.12. The first kappa shape index (κ1) is 12.0. The van der Waals surface area contributed by atoms with Crippen LogP contribution in [0.4, 0.5) is 5.69 Å². The summed E-state index contributed by atoms with van der Waals surface area (Å²) in [5.41, 5.74) is 6.68. The van der Waals surface area contributed by atoms with E-state index in [2.05, 4.69) is 10.6 Å². The van der Waals surface area contributed by atoms with Gasteiger partial charge in [-0.3, -0.25) is 9.59 Å². The molecule has 0 saturated carbocycles. The fourth-order valence-electron chi connectivity index (χ4n) is 1.15. The van der Waals surface area contributed by atoms with E-state index < -0.39 is 0 Å². The van der Waals surface area contributed by atoms with Gasteiger partial charge in [0.1, 0.15) is 0 Å². The second-order valence-electron chi connectivity index (χ2n) is 3.36. The molecule has 2 amide bonds. The summed E-state index contributed by atoms with van der Waals surface area (Å²) in [7, 11) is 0. The predicted octanol–water partition coefficient (Wildman–Crippen LogP) is 0.135. The Bertz CT molecular complexity index is 373. The summed E-state index contributed by atoms with van der Waals surface area (Å²) in [5, 5.41) is 5.27. The number of hydrogen-bond acceptors (Lipinski definition) is 3. The van der Waals surface area contributed by atoms with Gasteiger partial charge >= 0.3 is 0 Å². The summed E-state index contributed by atoms with van der Waals surface area (Å²) in [6, 6.07) is 6.65. The second-order valence-corrected chi connectivity index (χ2v) is 3.36. The van der Waals surface area contributed by atoms with E-state index in [1.54, 1.807) is 24.3 Å². The van der Waals surface area contributed by atoms with Crippen molar-refractivity contribution in [1.82, 2.24) is 10.6 Å². The zero-order chi connectivity index (χ0) is 12.0. The van der Waals surface area contributed by atoms with Crippen LogP contribution in [0.5, 0.6) is 0 Å². The molecule has 1 aromatic rings. The largest absolute Gasteiger partial charge is 0.399 e. The minimum atomic E-state index is -0.176. The molecule has 0 heterocycles. The number of nitrogens with two attached hydrogens (primary N) is 1. The van der Waals surface area contributed by atoms with Crippen molar-refractivity contribution in [2.75, 3.05) is 18.8 Å². The van der Waals surface area contributed by atoms with E-state index in [0.29, 0.717) is 24.3 Å². The maximum absolute atomic E-state index is 11.5. The van der Waals surface area contributed by atoms with Crippen molar-refractivity contribution in [3.63, 3.8) is 0 Å². The highest BCUT2D eigenvalue weighted by Gasteiger charge is 2.03. The van der Waals surface area contributed by atoms with Crippen LogP contribution in [0.3, 0.4) is 0 Å². The van der Waals surface area contributed by atoms with E-state index in [0.717, 1.165) is 0 Å². The average molecular weight is 221 g/mol. The molecular weight excluding hydrogens is 206 g/mol. The van der Waals surface area contributed by atoms with Crippen molar-refractivity contribution in [3.8, 4) is 0 Å². The molecule has 0 spiro atoms. The number of carbonyl (C=O) groups is 2. The summed E-state index contributed by atoms with van der Waals surface area (Å²) in [6.07, 6.45) is 0. The predicted molar refractivity (Wildman–Crippen MR) is 61.9 cm³/mol. The zero-order valence-electron chi connectivity index (χ0n) is 9.12. The Hall–Kier alpha value is -2.04. The van der Waals surface area contributed by atoms with Crippen LogP contribution in [0.15, 0.2) is 24.3 Å². The normalized spacial score (nSPS) is 9.56. The molecule has 0 atom stereocenters. The van der Waals surface area contributed by atoms with Gasteiger partial charge in [0.25, 0.3) is 5.91 Å². The van der Waals surface area contributed by atoms with Crippen LogP contribution in [0.1, 0.15) is 17.3 Å². The quantitative estimate of drug-likeness (QED) is 0.499. The smallest absolute Gasteiger partial charge is 0.251 e. The first-order valence-corrected chi connectivity index (χ1v) is 4.98. The van der Waals surface area contributed by atoms with E-state index in [9.17, 15) is 9.59 Å². The van der Waals surface area contributed by atoms with E-state index in [4.69, 9.17) is 5.73 Å². The molecule has 0 fully saturated rings. The number of nitrogen functional groups attached to an aromatic ring is 1. The lowest BCUT2D eigenvalue weighted by atomic mass is 10.2. The van der Waals surface area contributed by atoms with Gasteiger partial charge in [0, 0.05) is 31.3 Å². The van der Waals surface area contributed by atoms with Gasteiger partial charge in [0.2, 0.25) is 5.91 Å². The maximum Gasteiger partial charge on any atom is 0.251 e. The Labute approximate surface area is 94.0 Å². The third-order valence-electron chi connectivity index (χ3n) is 1.96. The van der Waals surface area contributed by atoms with Gasteiger partial charge in [0.15, 0.2) is 0 Å². The first-order valence-electron chi connectivity index (χ1n) is 4.98. The molecular formula is C11H15N3O2. The van der Waals surface area contributed by atoms with E-state index in [-0.39, 0.29) is 11.8 Å². The van der Waals surface area contributed by atoms with Crippen LogP contribution in [0, 0.1) is 0 Å². The molecule has 0 aliphatic carbocycles. The van der Waals surface area contributed by atoms with E-state index >= 15 is 0 Å². The van der Waals surface area contributed by atoms with Crippen LogP contribution in [-0.4, -0.2) is 24.9 Å². The lowest BCUT2D eigenvalue weighted by Crippen LogP contribution is -2.33. The van der Waals surface area contributed by atoms with Crippen molar-refractivity contribution < 1.29 is 9.59 Å². The molecule has 0 aromatic heterocycles. The SMILES string of the molecule is CC(=O)NCCNC(=O)c1ccc(N)cc1. The van der Waals surface area contributed by atoms with E-state index in [1.165, 1.54) is 6.92 Å². The number of benzene rings is 1. The van der Waals surface area contributed by atoms with Gasteiger partial charge in [0.05, 0.1) is 0 Å². The maximum atomic E-state index is 11.5. The highest BCUT2D eigenvalue weighted by molar-refractivity contribution is 5.94. The third kappa shape index (κ3) is 4.00. The minimum Gasteiger partial charge on any atom is -0.399 e. The molecule has 1 aromatic carbocycles. The lowest BCUT2D eigenvalue weighted by molar-refractivity contribution is -0.118. The van der Waals surface area contributed by atoms with Crippen molar-refractivity contribution in [1.29, 1.82) is 0 Å². The average Bonchev–Trinajstić information content (AvgIpc) is 2.25. The third-order valence-corrected chi connectivity index (χ3v) is 1.96. The Morgan fingerprint density at radius 3 is 2.25 bits per heavy atom. The minimum absolute atomic E-state index is 0.110. The Morgan fingerprint density at radius 1 is 1.12 bits per heavy atom. The molecule has 0 aliphatic heterocycles. The van der Waals surface area contributed by atoms with Gasteiger partial charge in [-0.15, -0.1) is 0 Å². The monoisotopic (exact) mass is 221 g/mol. The lowest BCUT2D eigenvalue weighted by Gasteiger charge is -2.05. The molecule has 0 radical (unpaired) electrons. The summed E-state index contributed by atoms with van der Waals surface area (Å²) >= 11 is 0. The molecule has 86 valence electrons. The number of amides is 2. The highest BCUT2D eigenvalue weighted by Crippen LogP contribution is 2.04. The molecule has 4 N–H and O–H groups in total. The van der Waals surface area contributed by atoms with E-state index in [1.807, 2.05) is 0 Å². The van der Waals surface area contributed by atoms with Gasteiger partial charge in [-0.25, -0.2) is 0 Å². The fraction of sp³-hybridized carbons (Fsp3) is 0.273. The Kier molecular flexibility index (Phi) is 4.32. The standard InChI is InChI=1S/C11H15N3O2/c1-8(15)13-6-7-14-11(16)9-2-4-10(12)5-3-9/h2-5H,6-7,12H2,1H3,(H,13,15)(H,14,16). The van der Waals surface area contributed by atoms with Gasteiger partial charge in [-0.05, 0) is 24.3 Å². The van der Waals surface area contributed by atoms with Crippen LogP contribution >= 0.6 is 0 Å². The van der Waals surface area contributed by atoms with Gasteiger partial charge in [-0.1, -0.05) is 0 Å². The number of nitrogens with one attached hydrogen (secondary N) is 2. The summed E-state index contributed by atoms with van der Waals surface area (Å²) < 4.78 is 0. The van der Waals surface area contributed by atoms with Crippen molar-refractivity contribution in [2.24, 2.45) is 0 Å². The van der Waals surface area contributed by atoms with Crippen molar-refractivity contribution in [3.05, 3.63) is 29.8 Å². The van der Waals surface area contributed by atoms with Crippen LogP contribution < -0.4 is 16.4 Å². The second kappa shape index (κ2) is 5.75. The first-order chi connectivity index (χ1) is 7.59. The molecule has 0 bridgehead atoms. The van der Waals surface area contributed by atoms with Crippen LogP contribution in [0.25, 0.3) is 0 Å². The van der Waals surface area contributed by atoms with Gasteiger partial charge < -0.3 is 16.4 Å². The summed E-state index contributed by atoms with van der Waals surface area (Å²) in [5.74, 6) is -0.285. The Morgan fingerprint density at radius 2 is 1.69 bits per heavy atom. The Balaban J connectivity index is 2.35. The molecule has 1 rings (SSSR count). The van der Waals surface area contributed by atoms with Crippen LogP contribution in [-0.2, 0) is 4.79 Å². The topological polar surface area (TPSA) is 84.2 Å². The molecule has 5 heteroatoms. The number of anilines is 1. The van der Waals surface area contributed by atoms with Crippen LogP contribution in [0.2, 0.25) is 0 Å². The fourth-order valence-corrected chi connectivity index (χ4v) is 1.15. The number of carbonyl (C=O) groups excluding carboxylic acids is 2. The summed E-state index contributed by atoms with van der Waals surface area (Å²) in [4.78, 5) is 22.1. The molecule has 0 saturated heterocycles. The molecule has 5 nitrogen and oxygen atoms in total. The molecule has 0 aliphatic rings. The molecule has 16 heavy (non-hydrogen) atoms. The van der Waals surface area contributed by atoms with Crippen molar-refractivity contribution >= 4 is 17.5 Å². The summed E-state index contributed by atoms with van der Waals surface area (Å²) in [6.45, 7) is 2.26.